The van der Waals surface area contributed by atoms with Crippen molar-refractivity contribution in [3.05, 3.63) is 29.3 Å². The standard InChI is InChI=1S/C10H12N2O/c1-12(2)7-9-5-8(6-11)3-4-10(9)13/h3-5,13H,7H2,1-2H3. The molecule has 13 heavy (non-hydrogen) atoms. The molecule has 0 unspecified atom stereocenters. The number of hydrogen-bond acceptors (Lipinski definition) is 3. The van der Waals surface area contributed by atoms with Crippen LogP contribution < -0.4 is 0 Å². The molecule has 0 aliphatic heterocycles. The molecule has 3 heteroatoms. The summed E-state index contributed by atoms with van der Waals surface area (Å²) in [5.41, 5.74) is 1.36. The van der Waals surface area contributed by atoms with Crippen LogP contribution in [-0.2, 0) is 6.54 Å². The Morgan fingerprint density at radius 3 is 2.69 bits per heavy atom. The molecular weight excluding hydrogens is 164 g/mol. The fourth-order valence-electron chi connectivity index (χ4n) is 1.12. The van der Waals surface area contributed by atoms with E-state index in [0.717, 1.165) is 5.56 Å². The predicted molar refractivity (Wildman–Crippen MR) is 50.2 cm³/mol. The summed E-state index contributed by atoms with van der Waals surface area (Å²) in [7, 11) is 3.83. The van der Waals surface area contributed by atoms with Crippen molar-refractivity contribution in [3.8, 4) is 11.8 Å². The van der Waals surface area contributed by atoms with E-state index in [0.29, 0.717) is 12.1 Å². The molecule has 1 rings (SSSR count). The summed E-state index contributed by atoms with van der Waals surface area (Å²) in [6.07, 6.45) is 0. The summed E-state index contributed by atoms with van der Waals surface area (Å²) in [4.78, 5) is 1.94. The molecule has 0 fully saturated rings. The van der Waals surface area contributed by atoms with Gasteiger partial charge >= 0.3 is 0 Å². The Bertz CT molecular complexity index is 339. The zero-order valence-electron chi connectivity index (χ0n) is 7.78. The molecule has 0 saturated heterocycles. The van der Waals surface area contributed by atoms with E-state index in [-0.39, 0.29) is 5.75 Å². The van der Waals surface area contributed by atoms with E-state index in [1.807, 2.05) is 25.1 Å². The molecule has 0 heterocycles. The van der Waals surface area contributed by atoms with Crippen LogP contribution in [0.4, 0.5) is 0 Å². The fraction of sp³-hybridized carbons (Fsp3) is 0.300. The lowest BCUT2D eigenvalue weighted by molar-refractivity contribution is 0.386. The average Bonchev–Trinajstić information content (AvgIpc) is 2.08. The van der Waals surface area contributed by atoms with Gasteiger partial charge in [0.15, 0.2) is 0 Å². The van der Waals surface area contributed by atoms with Gasteiger partial charge in [-0.3, -0.25) is 0 Å². The van der Waals surface area contributed by atoms with Gasteiger partial charge in [-0.1, -0.05) is 0 Å². The molecule has 0 atom stereocenters. The van der Waals surface area contributed by atoms with E-state index in [9.17, 15) is 5.11 Å². The third-order valence-corrected chi connectivity index (χ3v) is 1.70. The smallest absolute Gasteiger partial charge is 0.120 e. The van der Waals surface area contributed by atoms with Gasteiger partial charge in [0.2, 0.25) is 0 Å². The molecule has 0 bridgehead atoms. The van der Waals surface area contributed by atoms with Crippen molar-refractivity contribution in [1.82, 2.24) is 4.90 Å². The van der Waals surface area contributed by atoms with Crippen molar-refractivity contribution < 1.29 is 5.11 Å². The Morgan fingerprint density at radius 2 is 2.15 bits per heavy atom. The SMILES string of the molecule is CN(C)Cc1cc(C#N)ccc1O. The molecule has 3 nitrogen and oxygen atoms in total. The average molecular weight is 176 g/mol. The Morgan fingerprint density at radius 1 is 1.46 bits per heavy atom. The molecule has 0 aliphatic carbocycles. The highest BCUT2D eigenvalue weighted by Gasteiger charge is 2.03. The summed E-state index contributed by atoms with van der Waals surface area (Å²) in [5, 5.41) is 18.1. The van der Waals surface area contributed by atoms with E-state index < -0.39 is 0 Å². The highest BCUT2D eigenvalue weighted by molar-refractivity contribution is 5.41. The van der Waals surface area contributed by atoms with Crippen molar-refractivity contribution in [2.24, 2.45) is 0 Å². The third kappa shape index (κ3) is 2.46. The van der Waals surface area contributed by atoms with Gasteiger partial charge < -0.3 is 10.0 Å². The second kappa shape index (κ2) is 3.92. The van der Waals surface area contributed by atoms with Crippen molar-refractivity contribution in [1.29, 1.82) is 5.26 Å². The number of phenolic OH excluding ortho intramolecular Hbond substituents is 1. The van der Waals surface area contributed by atoms with Gasteiger partial charge in [-0.15, -0.1) is 0 Å². The second-order valence-electron chi connectivity index (χ2n) is 3.19. The van der Waals surface area contributed by atoms with E-state index in [1.165, 1.54) is 0 Å². The van der Waals surface area contributed by atoms with Crippen LogP contribution in [0.1, 0.15) is 11.1 Å². The quantitative estimate of drug-likeness (QED) is 0.739. The van der Waals surface area contributed by atoms with Gasteiger partial charge in [0.05, 0.1) is 11.6 Å². The van der Waals surface area contributed by atoms with Crippen molar-refractivity contribution in [2.75, 3.05) is 14.1 Å². The number of aromatic hydroxyl groups is 1. The van der Waals surface area contributed by atoms with Gasteiger partial charge in [-0.25, -0.2) is 0 Å². The highest BCUT2D eigenvalue weighted by atomic mass is 16.3. The maximum absolute atomic E-state index is 9.44. The summed E-state index contributed by atoms with van der Waals surface area (Å²) in [6.45, 7) is 0.640. The summed E-state index contributed by atoms with van der Waals surface area (Å²) < 4.78 is 0. The lowest BCUT2D eigenvalue weighted by Crippen LogP contribution is -2.10. The van der Waals surface area contributed by atoms with E-state index in [4.69, 9.17) is 5.26 Å². The van der Waals surface area contributed by atoms with Crippen molar-refractivity contribution >= 4 is 0 Å². The van der Waals surface area contributed by atoms with Crippen LogP contribution in [-0.4, -0.2) is 24.1 Å². The minimum atomic E-state index is 0.243. The third-order valence-electron chi connectivity index (χ3n) is 1.70. The maximum Gasteiger partial charge on any atom is 0.120 e. The van der Waals surface area contributed by atoms with Crippen molar-refractivity contribution in [2.45, 2.75) is 6.54 Å². The normalized spacial score (nSPS) is 10.0. The van der Waals surface area contributed by atoms with Crippen molar-refractivity contribution in [3.63, 3.8) is 0 Å². The lowest BCUT2D eigenvalue weighted by atomic mass is 10.1. The first-order chi connectivity index (χ1) is 6.13. The maximum atomic E-state index is 9.44. The lowest BCUT2D eigenvalue weighted by Gasteiger charge is -2.10. The monoisotopic (exact) mass is 176 g/mol. The summed E-state index contributed by atoms with van der Waals surface area (Å²) in [5.74, 6) is 0.243. The van der Waals surface area contributed by atoms with Gasteiger partial charge in [-0.05, 0) is 32.3 Å². The molecule has 0 spiro atoms. The van der Waals surface area contributed by atoms with Gasteiger partial charge in [0.1, 0.15) is 5.75 Å². The van der Waals surface area contributed by atoms with Crippen LogP contribution in [0.2, 0.25) is 0 Å². The van der Waals surface area contributed by atoms with Crippen LogP contribution in [0.5, 0.6) is 5.75 Å². The highest BCUT2D eigenvalue weighted by Crippen LogP contribution is 2.18. The molecule has 0 radical (unpaired) electrons. The second-order valence-corrected chi connectivity index (χ2v) is 3.19. The molecular formula is C10H12N2O. The molecule has 0 aromatic heterocycles. The van der Waals surface area contributed by atoms with Crippen LogP contribution in [0.15, 0.2) is 18.2 Å². The number of nitrogens with zero attached hydrogens (tertiary/aromatic N) is 2. The number of nitriles is 1. The first-order valence-corrected chi connectivity index (χ1v) is 4.00. The van der Waals surface area contributed by atoms with Gasteiger partial charge in [0.25, 0.3) is 0 Å². The summed E-state index contributed by atoms with van der Waals surface area (Å²) in [6, 6.07) is 6.90. The van der Waals surface area contributed by atoms with Crippen LogP contribution in [0, 0.1) is 11.3 Å². The summed E-state index contributed by atoms with van der Waals surface area (Å²) >= 11 is 0. The van der Waals surface area contributed by atoms with Gasteiger partial charge in [-0.2, -0.15) is 5.26 Å². The molecule has 1 aromatic carbocycles. The Balaban J connectivity index is 2.99. The molecule has 0 amide bonds. The number of phenols is 1. The molecule has 0 saturated carbocycles. The van der Waals surface area contributed by atoms with Crippen LogP contribution in [0.25, 0.3) is 0 Å². The zero-order chi connectivity index (χ0) is 9.84. The first-order valence-electron chi connectivity index (χ1n) is 4.00. The first kappa shape index (κ1) is 9.56. The van der Waals surface area contributed by atoms with Crippen LogP contribution in [0.3, 0.4) is 0 Å². The van der Waals surface area contributed by atoms with E-state index >= 15 is 0 Å². The Hall–Kier alpha value is -1.53. The number of benzene rings is 1. The minimum Gasteiger partial charge on any atom is -0.508 e. The minimum absolute atomic E-state index is 0.243. The molecule has 1 N–H and O–H groups in total. The van der Waals surface area contributed by atoms with E-state index in [2.05, 4.69) is 0 Å². The largest absolute Gasteiger partial charge is 0.508 e. The van der Waals surface area contributed by atoms with Crippen LogP contribution >= 0.6 is 0 Å². The Kier molecular flexibility index (Phi) is 2.88. The topological polar surface area (TPSA) is 47.3 Å². The number of hydrogen-bond donors (Lipinski definition) is 1. The van der Waals surface area contributed by atoms with E-state index in [1.54, 1.807) is 18.2 Å². The molecule has 68 valence electrons. The zero-order valence-corrected chi connectivity index (χ0v) is 7.78. The molecule has 1 aromatic rings. The van der Waals surface area contributed by atoms with Gasteiger partial charge in [0, 0.05) is 12.1 Å². The Labute approximate surface area is 77.8 Å². The number of rotatable bonds is 2. The fourth-order valence-corrected chi connectivity index (χ4v) is 1.12. The molecule has 0 aliphatic rings. The predicted octanol–water partition coefficient (Wildman–Crippen LogP) is 1.33.